The highest BCUT2D eigenvalue weighted by Crippen LogP contribution is 2.25. The van der Waals surface area contributed by atoms with E-state index in [2.05, 4.69) is 10.1 Å². The van der Waals surface area contributed by atoms with E-state index >= 15 is 0 Å². The Hall–Kier alpha value is -3.30. The van der Waals surface area contributed by atoms with Gasteiger partial charge in [-0.2, -0.15) is 5.10 Å². The first-order chi connectivity index (χ1) is 13.7. The quantitative estimate of drug-likeness (QED) is 0.366. The molecule has 0 aliphatic rings. The first-order valence-corrected chi connectivity index (χ1v) is 8.43. The van der Waals surface area contributed by atoms with E-state index in [1.807, 2.05) is 0 Å². The number of carbonyl (C=O) groups excluding carboxylic acids is 1. The summed E-state index contributed by atoms with van der Waals surface area (Å²) in [5.41, 5.74) is 0.267. The van der Waals surface area contributed by atoms with E-state index in [9.17, 15) is 26.7 Å². The number of amides is 1. The van der Waals surface area contributed by atoms with Crippen molar-refractivity contribution in [2.45, 2.75) is 19.4 Å². The van der Waals surface area contributed by atoms with Crippen LogP contribution in [0.15, 0.2) is 36.9 Å². The zero-order valence-corrected chi connectivity index (χ0v) is 15.3. The van der Waals surface area contributed by atoms with Crippen molar-refractivity contribution in [2.24, 2.45) is 0 Å². The summed E-state index contributed by atoms with van der Waals surface area (Å²) < 4.78 is 69.0. The predicted molar refractivity (Wildman–Crippen MR) is 92.5 cm³/mol. The summed E-state index contributed by atoms with van der Waals surface area (Å²) in [4.78, 5) is 17.4. The molecule has 0 spiro atoms. The molecule has 0 saturated heterocycles. The highest BCUT2D eigenvalue weighted by Gasteiger charge is 2.28. The van der Waals surface area contributed by atoms with Gasteiger partial charge in [0, 0.05) is 12.6 Å². The summed E-state index contributed by atoms with van der Waals surface area (Å²) in [6.45, 7) is 1.67. The fourth-order valence-electron chi connectivity index (χ4n) is 2.77. The van der Waals surface area contributed by atoms with E-state index in [1.165, 1.54) is 29.3 Å². The second-order valence-electron chi connectivity index (χ2n) is 6.34. The van der Waals surface area contributed by atoms with Crippen LogP contribution in [0.1, 0.15) is 24.1 Å². The van der Waals surface area contributed by atoms with Crippen LogP contribution in [-0.4, -0.2) is 32.6 Å². The van der Waals surface area contributed by atoms with Gasteiger partial charge in [-0.3, -0.25) is 4.79 Å². The molecule has 0 N–H and O–H groups in total. The van der Waals surface area contributed by atoms with Gasteiger partial charge < -0.3 is 4.90 Å². The highest BCUT2D eigenvalue weighted by molar-refractivity contribution is 5.79. The molecule has 1 aromatic heterocycles. The Morgan fingerprint density at radius 1 is 1.00 bits per heavy atom. The Morgan fingerprint density at radius 2 is 1.55 bits per heavy atom. The van der Waals surface area contributed by atoms with Crippen LogP contribution in [0.4, 0.5) is 22.0 Å². The lowest BCUT2D eigenvalue weighted by atomic mass is 10.0. The van der Waals surface area contributed by atoms with E-state index in [0.29, 0.717) is 5.56 Å². The number of carbonyl (C=O) groups is 1. The van der Waals surface area contributed by atoms with Crippen LogP contribution >= 0.6 is 0 Å². The second-order valence-corrected chi connectivity index (χ2v) is 6.34. The predicted octanol–water partition coefficient (Wildman–Crippen LogP) is 3.72. The van der Waals surface area contributed by atoms with Gasteiger partial charge in [0.15, 0.2) is 23.3 Å². The molecule has 0 bridgehead atoms. The van der Waals surface area contributed by atoms with Gasteiger partial charge >= 0.3 is 0 Å². The smallest absolute Gasteiger partial charge is 0.227 e. The minimum absolute atomic E-state index is 0.520. The van der Waals surface area contributed by atoms with Gasteiger partial charge in [-0.1, -0.05) is 12.1 Å². The molecule has 29 heavy (non-hydrogen) atoms. The molecule has 10 heteroatoms. The third-order valence-electron chi connectivity index (χ3n) is 4.66. The van der Waals surface area contributed by atoms with Gasteiger partial charge in [0.25, 0.3) is 0 Å². The standard InChI is InChI=1S/C19H15F5N4O/c1-10(11-3-5-12(6-4-11)28-9-25-8-26-28)27(2)14(29)7-13-15(20)17(22)19(24)18(23)16(13)21/h3-6,8-10H,7H2,1-2H3. The molecule has 1 unspecified atom stereocenters. The van der Waals surface area contributed by atoms with Crippen LogP contribution in [0.3, 0.4) is 0 Å². The van der Waals surface area contributed by atoms with Crippen molar-refractivity contribution in [3.05, 3.63) is 77.1 Å². The van der Waals surface area contributed by atoms with Gasteiger partial charge in [-0.15, -0.1) is 0 Å². The molecule has 2 aromatic carbocycles. The fraction of sp³-hybridized carbons (Fsp3) is 0.211. The number of likely N-dealkylation sites (N-methyl/N-ethyl adjacent to an activating group) is 1. The zero-order valence-electron chi connectivity index (χ0n) is 15.3. The monoisotopic (exact) mass is 410 g/mol. The van der Waals surface area contributed by atoms with Crippen LogP contribution in [0.5, 0.6) is 0 Å². The molecule has 1 amide bonds. The molecule has 1 atom stereocenters. The van der Waals surface area contributed by atoms with E-state index in [1.54, 1.807) is 31.2 Å². The van der Waals surface area contributed by atoms with Crippen molar-refractivity contribution in [1.29, 1.82) is 0 Å². The summed E-state index contributed by atoms with van der Waals surface area (Å²) in [5.74, 6) is -11.2. The molecular formula is C19H15F5N4O. The topological polar surface area (TPSA) is 51.0 Å². The van der Waals surface area contributed by atoms with E-state index in [-0.39, 0.29) is 0 Å². The number of rotatable bonds is 5. The molecular weight excluding hydrogens is 395 g/mol. The van der Waals surface area contributed by atoms with Crippen molar-refractivity contribution >= 4 is 5.91 Å². The Morgan fingerprint density at radius 3 is 2.07 bits per heavy atom. The van der Waals surface area contributed by atoms with Gasteiger partial charge in [0.2, 0.25) is 11.7 Å². The summed E-state index contributed by atoms with van der Waals surface area (Å²) in [5, 5.41) is 3.99. The SMILES string of the molecule is CC(c1ccc(-n2cncn2)cc1)N(C)C(=O)Cc1c(F)c(F)c(F)c(F)c1F. The number of hydrogen-bond acceptors (Lipinski definition) is 3. The molecule has 0 fully saturated rings. The number of halogens is 5. The van der Waals surface area contributed by atoms with Gasteiger partial charge in [-0.25, -0.2) is 31.6 Å². The van der Waals surface area contributed by atoms with Crippen molar-refractivity contribution < 1.29 is 26.7 Å². The summed E-state index contributed by atoms with van der Waals surface area (Å²) in [6, 6.07) is 6.41. The summed E-state index contributed by atoms with van der Waals surface area (Å²) in [7, 11) is 1.38. The van der Waals surface area contributed by atoms with Crippen molar-refractivity contribution in [3.63, 3.8) is 0 Å². The fourth-order valence-corrected chi connectivity index (χ4v) is 2.77. The number of hydrogen-bond donors (Lipinski definition) is 0. The lowest BCUT2D eigenvalue weighted by molar-refractivity contribution is -0.131. The van der Waals surface area contributed by atoms with E-state index in [0.717, 1.165) is 5.69 Å². The third kappa shape index (κ3) is 3.82. The molecule has 0 saturated carbocycles. The third-order valence-corrected chi connectivity index (χ3v) is 4.66. The number of aromatic nitrogens is 3. The van der Waals surface area contributed by atoms with Gasteiger partial charge in [0.05, 0.1) is 18.2 Å². The highest BCUT2D eigenvalue weighted by atomic mass is 19.2. The van der Waals surface area contributed by atoms with Gasteiger partial charge in [0.1, 0.15) is 12.7 Å². The molecule has 152 valence electrons. The average Bonchev–Trinajstić information content (AvgIpc) is 3.27. The lowest BCUT2D eigenvalue weighted by Crippen LogP contribution is -2.31. The van der Waals surface area contributed by atoms with Crippen LogP contribution in [0.2, 0.25) is 0 Å². The molecule has 0 aliphatic carbocycles. The summed E-state index contributed by atoms with van der Waals surface area (Å²) >= 11 is 0. The molecule has 0 radical (unpaired) electrons. The first-order valence-electron chi connectivity index (χ1n) is 8.43. The Kier molecular flexibility index (Phi) is 5.62. The zero-order chi connectivity index (χ0) is 21.3. The Labute approximate surface area is 162 Å². The first kappa shape index (κ1) is 20.4. The lowest BCUT2D eigenvalue weighted by Gasteiger charge is -2.26. The van der Waals surface area contributed by atoms with Crippen LogP contribution < -0.4 is 0 Å². The molecule has 5 nitrogen and oxygen atoms in total. The summed E-state index contributed by atoms with van der Waals surface area (Å²) in [6.07, 6.45) is 1.92. The normalized spacial score (nSPS) is 12.1. The van der Waals surface area contributed by atoms with Crippen molar-refractivity contribution in [2.75, 3.05) is 7.05 Å². The van der Waals surface area contributed by atoms with Crippen molar-refractivity contribution in [1.82, 2.24) is 19.7 Å². The maximum atomic E-state index is 13.8. The maximum Gasteiger partial charge on any atom is 0.227 e. The Balaban J connectivity index is 1.78. The van der Waals surface area contributed by atoms with Crippen LogP contribution in [0, 0.1) is 29.1 Å². The van der Waals surface area contributed by atoms with Crippen LogP contribution in [-0.2, 0) is 11.2 Å². The van der Waals surface area contributed by atoms with E-state index in [4.69, 9.17) is 0 Å². The average molecular weight is 410 g/mol. The molecule has 3 aromatic rings. The van der Waals surface area contributed by atoms with E-state index < -0.39 is 53.0 Å². The molecule has 1 heterocycles. The molecule has 0 aliphatic heterocycles. The maximum absolute atomic E-state index is 13.8. The van der Waals surface area contributed by atoms with Crippen LogP contribution in [0.25, 0.3) is 5.69 Å². The largest absolute Gasteiger partial charge is 0.339 e. The van der Waals surface area contributed by atoms with Crippen molar-refractivity contribution in [3.8, 4) is 5.69 Å². The minimum atomic E-state index is -2.26. The van der Waals surface area contributed by atoms with Gasteiger partial charge in [-0.05, 0) is 24.6 Å². The number of nitrogens with zero attached hydrogens (tertiary/aromatic N) is 4. The molecule has 3 rings (SSSR count). The number of benzene rings is 2. The Bertz CT molecular complexity index is 1010. The minimum Gasteiger partial charge on any atom is -0.339 e. The second kappa shape index (κ2) is 7.98.